The van der Waals surface area contributed by atoms with Crippen LogP contribution < -0.4 is 5.56 Å². The molecule has 0 bridgehead atoms. The van der Waals surface area contributed by atoms with Gasteiger partial charge in [-0.05, 0) is 25.0 Å². The highest BCUT2D eigenvalue weighted by Gasteiger charge is 2.11. The van der Waals surface area contributed by atoms with Gasteiger partial charge in [-0.25, -0.2) is 0 Å². The molecular formula is C21H23N3O3. The first-order chi connectivity index (χ1) is 13.0. The first-order valence-corrected chi connectivity index (χ1v) is 8.95. The summed E-state index contributed by atoms with van der Waals surface area (Å²) < 4.78 is 6.81. The lowest BCUT2D eigenvalue weighted by Gasteiger charge is -2.17. The highest BCUT2D eigenvalue weighted by atomic mass is 16.5. The van der Waals surface area contributed by atoms with Crippen LogP contribution >= 0.6 is 0 Å². The molecule has 1 amide bonds. The minimum Gasteiger partial charge on any atom is -0.361 e. The third-order valence-electron chi connectivity index (χ3n) is 4.43. The predicted octanol–water partition coefficient (Wildman–Crippen LogP) is 2.90. The zero-order chi connectivity index (χ0) is 19.2. The Balaban J connectivity index is 1.49. The fourth-order valence-electron chi connectivity index (χ4n) is 2.79. The molecule has 3 aromatic rings. The van der Waals surface area contributed by atoms with Crippen molar-refractivity contribution in [2.75, 3.05) is 13.6 Å². The number of nitrogens with zero attached hydrogens (tertiary/aromatic N) is 3. The Kier molecular flexibility index (Phi) is 5.86. The van der Waals surface area contributed by atoms with Crippen LogP contribution in [0.4, 0.5) is 0 Å². The van der Waals surface area contributed by atoms with Crippen LogP contribution in [0.25, 0.3) is 11.3 Å². The molecule has 6 nitrogen and oxygen atoms in total. The molecule has 6 heteroatoms. The summed E-state index contributed by atoms with van der Waals surface area (Å²) in [5.74, 6) is 0.702. The Morgan fingerprint density at radius 2 is 1.96 bits per heavy atom. The van der Waals surface area contributed by atoms with Crippen LogP contribution in [-0.4, -0.2) is 34.1 Å². The second-order valence-electron chi connectivity index (χ2n) is 6.63. The third-order valence-corrected chi connectivity index (χ3v) is 4.43. The van der Waals surface area contributed by atoms with Gasteiger partial charge in [-0.15, -0.1) is 0 Å². The van der Waals surface area contributed by atoms with Gasteiger partial charge in [-0.1, -0.05) is 35.5 Å². The summed E-state index contributed by atoms with van der Waals surface area (Å²) >= 11 is 0. The molecule has 2 heterocycles. The largest absolute Gasteiger partial charge is 0.361 e. The summed E-state index contributed by atoms with van der Waals surface area (Å²) in [6.07, 6.45) is 3.11. The minimum absolute atomic E-state index is 0.0517. The first kappa shape index (κ1) is 18.6. The number of benzene rings is 1. The Morgan fingerprint density at radius 3 is 2.70 bits per heavy atom. The molecule has 0 saturated heterocycles. The van der Waals surface area contributed by atoms with E-state index in [-0.39, 0.29) is 18.0 Å². The number of hydrogen-bond acceptors (Lipinski definition) is 4. The molecule has 0 fully saturated rings. The van der Waals surface area contributed by atoms with Crippen LogP contribution in [0.2, 0.25) is 0 Å². The molecule has 140 valence electrons. The van der Waals surface area contributed by atoms with Crippen molar-refractivity contribution >= 4 is 5.91 Å². The second-order valence-corrected chi connectivity index (χ2v) is 6.63. The standard InChI is InChI=1S/C21H23N3O3/c1-16-10-12-24(20(25)13-16)15-21(26)23(2)11-6-9-18-14-19(22-27-18)17-7-4-3-5-8-17/h3-5,7-8,10,12-14H,6,9,11,15H2,1-2H3. The molecule has 0 saturated carbocycles. The number of carbonyl (C=O) groups is 1. The monoisotopic (exact) mass is 365 g/mol. The van der Waals surface area contributed by atoms with Crippen LogP contribution in [0.15, 0.2) is 64.0 Å². The maximum atomic E-state index is 12.3. The lowest BCUT2D eigenvalue weighted by Crippen LogP contribution is -2.34. The molecule has 0 N–H and O–H groups in total. The molecule has 0 spiro atoms. The van der Waals surface area contributed by atoms with Gasteiger partial charge >= 0.3 is 0 Å². The summed E-state index contributed by atoms with van der Waals surface area (Å²) in [4.78, 5) is 25.8. The summed E-state index contributed by atoms with van der Waals surface area (Å²) in [6, 6.07) is 15.1. The van der Waals surface area contributed by atoms with Crippen molar-refractivity contribution in [3.63, 3.8) is 0 Å². The van der Waals surface area contributed by atoms with Crippen molar-refractivity contribution in [2.45, 2.75) is 26.3 Å². The van der Waals surface area contributed by atoms with Crippen molar-refractivity contribution in [1.29, 1.82) is 0 Å². The van der Waals surface area contributed by atoms with E-state index in [0.29, 0.717) is 13.0 Å². The maximum Gasteiger partial charge on any atom is 0.251 e. The van der Waals surface area contributed by atoms with E-state index in [1.165, 1.54) is 10.6 Å². The molecular weight excluding hydrogens is 342 g/mol. The second kappa shape index (κ2) is 8.49. The van der Waals surface area contributed by atoms with Gasteiger partial charge in [0.2, 0.25) is 5.91 Å². The van der Waals surface area contributed by atoms with Gasteiger partial charge in [0.25, 0.3) is 5.56 Å². The number of pyridine rings is 1. The molecule has 3 rings (SSSR count). The van der Waals surface area contributed by atoms with E-state index < -0.39 is 0 Å². The molecule has 0 unspecified atom stereocenters. The van der Waals surface area contributed by atoms with Gasteiger partial charge < -0.3 is 14.0 Å². The summed E-state index contributed by atoms with van der Waals surface area (Å²) in [5, 5.41) is 4.10. The molecule has 0 aliphatic rings. The Bertz CT molecular complexity index is 960. The highest BCUT2D eigenvalue weighted by Crippen LogP contribution is 2.19. The lowest BCUT2D eigenvalue weighted by molar-refractivity contribution is -0.130. The van der Waals surface area contributed by atoms with Crippen LogP contribution in [0, 0.1) is 6.92 Å². The maximum absolute atomic E-state index is 12.3. The van der Waals surface area contributed by atoms with E-state index in [9.17, 15) is 9.59 Å². The summed E-state index contributed by atoms with van der Waals surface area (Å²) in [7, 11) is 1.75. The van der Waals surface area contributed by atoms with Crippen molar-refractivity contribution in [2.24, 2.45) is 0 Å². The van der Waals surface area contributed by atoms with E-state index in [1.54, 1.807) is 18.1 Å². The number of rotatable bonds is 7. The molecule has 1 aromatic carbocycles. The van der Waals surface area contributed by atoms with Crippen molar-refractivity contribution in [3.05, 3.63) is 76.4 Å². The number of amides is 1. The normalized spacial score (nSPS) is 10.7. The minimum atomic E-state index is -0.160. The fourth-order valence-corrected chi connectivity index (χ4v) is 2.79. The SMILES string of the molecule is Cc1ccn(CC(=O)N(C)CCCc2cc(-c3ccccc3)no2)c(=O)c1. The topological polar surface area (TPSA) is 68.3 Å². The average molecular weight is 365 g/mol. The van der Waals surface area contributed by atoms with E-state index >= 15 is 0 Å². The van der Waals surface area contributed by atoms with Crippen molar-refractivity contribution in [1.82, 2.24) is 14.6 Å². The zero-order valence-electron chi connectivity index (χ0n) is 15.6. The summed E-state index contributed by atoms with van der Waals surface area (Å²) in [6.45, 7) is 2.49. The smallest absolute Gasteiger partial charge is 0.251 e. The lowest BCUT2D eigenvalue weighted by atomic mass is 10.1. The van der Waals surface area contributed by atoms with Crippen LogP contribution in [-0.2, 0) is 17.8 Å². The highest BCUT2D eigenvalue weighted by molar-refractivity contribution is 5.75. The fraction of sp³-hybridized carbons (Fsp3) is 0.286. The van der Waals surface area contributed by atoms with Crippen LogP contribution in [0.3, 0.4) is 0 Å². The van der Waals surface area contributed by atoms with E-state index in [4.69, 9.17) is 4.52 Å². The van der Waals surface area contributed by atoms with Crippen LogP contribution in [0.1, 0.15) is 17.7 Å². The van der Waals surface area contributed by atoms with E-state index in [0.717, 1.165) is 29.0 Å². The average Bonchev–Trinajstić information content (AvgIpc) is 3.13. The van der Waals surface area contributed by atoms with Crippen LogP contribution in [0.5, 0.6) is 0 Å². The number of likely N-dealkylation sites (N-methyl/N-ethyl adjacent to an activating group) is 1. The van der Waals surface area contributed by atoms with E-state index in [2.05, 4.69) is 5.16 Å². The number of hydrogen-bond donors (Lipinski definition) is 0. The molecule has 0 aliphatic carbocycles. The predicted molar refractivity (Wildman–Crippen MR) is 103 cm³/mol. The van der Waals surface area contributed by atoms with Gasteiger partial charge in [0.05, 0.1) is 0 Å². The molecule has 0 aliphatic heterocycles. The first-order valence-electron chi connectivity index (χ1n) is 8.95. The Morgan fingerprint density at radius 1 is 1.19 bits per heavy atom. The van der Waals surface area contributed by atoms with Crippen molar-refractivity contribution in [3.8, 4) is 11.3 Å². The van der Waals surface area contributed by atoms with Gasteiger partial charge in [-0.3, -0.25) is 9.59 Å². The number of carbonyl (C=O) groups excluding carboxylic acids is 1. The molecule has 27 heavy (non-hydrogen) atoms. The third kappa shape index (κ3) is 4.94. The summed E-state index contributed by atoms with van der Waals surface area (Å²) in [5.41, 5.74) is 2.56. The Hall–Kier alpha value is -3.15. The van der Waals surface area contributed by atoms with Gasteiger partial charge in [0.15, 0.2) is 0 Å². The molecule has 0 radical (unpaired) electrons. The van der Waals surface area contributed by atoms with Gasteiger partial charge in [0, 0.05) is 43.9 Å². The van der Waals surface area contributed by atoms with Gasteiger partial charge in [-0.2, -0.15) is 0 Å². The van der Waals surface area contributed by atoms with Gasteiger partial charge in [0.1, 0.15) is 18.0 Å². The number of aromatic nitrogens is 2. The molecule has 0 atom stereocenters. The zero-order valence-corrected chi connectivity index (χ0v) is 15.6. The number of aryl methyl sites for hydroxylation is 2. The van der Waals surface area contributed by atoms with E-state index in [1.807, 2.05) is 49.4 Å². The van der Waals surface area contributed by atoms with Crippen molar-refractivity contribution < 1.29 is 9.32 Å². The quantitative estimate of drug-likeness (QED) is 0.646. The Labute approximate surface area is 158 Å². The molecule has 2 aromatic heterocycles.